The minimum absolute atomic E-state index is 0.512. The molecule has 2 N–H and O–H groups in total. The summed E-state index contributed by atoms with van der Waals surface area (Å²) in [4.78, 5) is 0. The van der Waals surface area contributed by atoms with Crippen LogP contribution >= 0.6 is 0 Å². The van der Waals surface area contributed by atoms with Crippen LogP contribution in [0.4, 0.5) is 8.78 Å². The third kappa shape index (κ3) is 2.17. The van der Waals surface area contributed by atoms with E-state index in [4.69, 9.17) is 5.73 Å². The molecule has 0 bridgehead atoms. The van der Waals surface area contributed by atoms with Gasteiger partial charge in [0, 0.05) is 5.54 Å². The second kappa shape index (κ2) is 3.88. The van der Waals surface area contributed by atoms with Gasteiger partial charge < -0.3 is 5.73 Å². The Morgan fingerprint density at radius 1 is 1.43 bits per heavy atom. The van der Waals surface area contributed by atoms with E-state index in [1.54, 1.807) is 13.0 Å². The summed E-state index contributed by atoms with van der Waals surface area (Å²) >= 11 is 0. The predicted molar refractivity (Wildman–Crippen MR) is 52.7 cm³/mol. The summed E-state index contributed by atoms with van der Waals surface area (Å²) in [5, 5.41) is 0. The van der Waals surface area contributed by atoms with Crippen molar-refractivity contribution in [1.29, 1.82) is 0 Å². The molecule has 0 heterocycles. The van der Waals surface area contributed by atoms with Crippen molar-refractivity contribution >= 4 is 0 Å². The molecule has 0 aliphatic rings. The van der Waals surface area contributed by atoms with Crippen molar-refractivity contribution in [2.75, 3.05) is 0 Å². The molecule has 76 valence electrons. The Morgan fingerprint density at radius 2 is 2.07 bits per heavy atom. The van der Waals surface area contributed by atoms with Crippen LogP contribution in [0.2, 0.25) is 0 Å². The zero-order valence-corrected chi connectivity index (χ0v) is 8.06. The first-order valence-electron chi connectivity index (χ1n) is 4.32. The fourth-order valence-electron chi connectivity index (χ4n) is 1.27. The van der Waals surface area contributed by atoms with Crippen molar-refractivity contribution in [3.05, 3.63) is 48.1 Å². The van der Waals surface area contributed by atoms with Gasteiger partial charge in [0.25, 0.3) is 0 Å². The summed E-state index contributed by atoms with van der Waals surface area (Å²) in [6, 6.07) is 3.69. The Bertz CT molecular complexity index is 345. The molecule has 0 aromatic heterocycles. The van der Waals surface area contributed by atoms with Crippen molar-refractivity contribution in [2.45, 2.75) is 18.9 Å². The lowest BCUT2D eigenvalue weighted by molar-refractivity contribution is 0.477. The van der Waals surface area contributed by atoms with Crippen LogP contribution in [0.5, 0.6) is 0 Å². The van der Waals surface area contributed by atoms with Crippen molar-refractivity contribution in [3.8, 4) is 0 Å². The largest absolute Gasteiger partial charge is 0.321 e. The van der Waals surface area contributed by atoms with E-state index in [0.29, 0.717) is 12.0 Å². The quantitative estimate of drug-likeness (QED) is 0.741. The van der Waals surface area contributed by atoms with Crippen molar-refractivity contribution < 1.29 is 8.78 Å². The highest BCUT2D eigenvalue weighted by Crippen LogP contribution is 2.23. The molecule has 0 aliphatic heterocycles. The molecule has 0 saturated carbocycles. The van der Waals surface area contributed by atoms with Gasteiger partial charge in [0.1, 0.15) is 0 Å². The maximum Gasteiger partial charge on any atom is 0.159 e. The van der Waals surface area contributed by atoms with E-state index in [9.17, 15) is 8.78 Å². The Hall–Kier alpha value is -1.22. The summed E-state index contributed by atoms with van der Waals surface area (Å²) in [6.07, 6.45) is 2.17. The lowest BCUT2D eigenvalue weighted by Gasteiger charge is -2.23. The Morgan fingerprint density at radius 3 is 2.57 bits per heavy atom. The minimum atomic E-state index is -0.872. The van der Waals surface area contributed by atoms with Crippen molar-refractivity contribution in [3.63, 3.8) is 0 Å². The summed E-state index contributed by atoms with van der Waals surface area (Å²) in [7, 11) is 0. The smallest absolute Gasteiger partial charge is 0.159 e. The number of benzene rings is 1. The van der Waals surface area contributed by atoms with Gasteiger partial charge in [-0.3, -0.25) is 0 Å². The molecule has 0 spiro atoms. The monoisotopic (exact) mass is 197 g/mol. The normalized spacial score (nSPS) is 14.9. The maximum atomic E-state index is 12.9. The highest BCUT2D eigenvalue weighted by atomic mass is 19.2. The van der Waals surface area contributed by atoms with Crippen LogP contribution in [0.25, 0.3) is 0 Å². The number of halogens is 2. The highest BCUT2D eigenvalue weighted by molar-refractivity contribution is 5.25. The summed E-state index contributed by atoms with van der Waals surface area (Å²) in [6.45, 7) is 5.31. The van der Waals surface area contributed by atoms with Crippen molar-refractivity contribution in [2.24, 2.45) is 5.73 Å². The molecule has 1 aromatic carbocycles. The van der Waals surface area contributed by atoms with Gasteiger partial charge in [-0.15, -0.1) is 6.58 Å². The van der Waals surface area contributed by atoms with Gasteiger partial charge in [-0.25, -0.2) is 8.78 Å². The molecule has 1 aromatic rings. The van der Waals surface area contributed by atoms with Crippen LogP contribution in [0, 0.1) is 11.6 Å². The van der Waals surface area contributed by atoms with Gasteiger partial charge >= 0.3 is 0 Å². The maximum absolute atomic E-state index is 12.9. The second-order valence-electron chi connectivity index (χ2n) is 3.54. The zero-order chi connectivity index (χ0) is 10.8. The topological polar surface area (TPSA) is 26.0 Å². The standard InChI is InChI=1S/C11H13F2N/c1-3-6-11(2,14)8-4-5-9(12)10(13)7-8/h3-5,7H,1,6,14H2,2H3. The molecule has 0 radical (unpaired) electrons. The summed E-state index contributed by atoms with van der Waals surface area (Å²) < 4.78 is 25.5. The average Bonchev–Trinajstić information content (AvgIpc) is 2.09. The van der Waals surface area contributed by atoms with Crippen LogP contribution in [0.3, 0.4) is 0 Å². The second-order valence-corrected chi connectivity index (χ2v) is 3.54. The van der Waals surface area contributed by atoms with Gasteiger partial charge in [0.15, 0.2) is 11.6 Å². The number of nitrogens with two attached hydrogens (primary N) is 1. The van der Waals surface area contributed by atoms with Gasteiger partial charge in [-0.05, 0) is 31.0 Å². The number of hydrogen-bond acceptors (Lipinski definition) is 1. The first-order valence-corrected chi connectivity index (χ1v) is 4.32. The van der Waals surface area contributed by atoms with Gasteiger partial charge in [0.2, 0.25) is 0 Å². The molecular formula is C11H13F2N. The molecule has 1 nitrogen and oxygen atoms in total. The van der Waals surface area contributed by atoms with E-state index in [-0.39, 0.29) is 0 Å². The zero-order valence-electron chi connectivity index (χ0n) is 8.06. The average molecular weight is 197 g/mol. The predicted octanol–water partition coefficient (Wildman–Crippen LogP) is 2.71. The third-order valence-corrected chi connectivity index (χ3v) is 2.15. The number of hydrogen-bond donors (Lipinski definition) is 1. The van der Waals surface area contributed by atoms with E-state index in [1.807, 2.05) is 0 Å². The van der Waals surface area contributed by atoms with Crippen LogP contribution in [-0.2, 0) is 5.54 Å². The van der Waals surface area contributed by atoms with Crippen molar-refractivity contribution in [1.82, 2.24) is 0 Å². The fraction of sp³-hybridized carbons (Fsp3) is 0.273. The van der Waals surface area contributed by atoms with E-state index in [2.05, 4.69) is 6.58 Å². The molecule has 14 heavy (non-hydrogen) atoms. The number of rotatable bonds is 3. The van der Waals surface area contributed by atoms with E-state index < -0.39 is 17.2 Å². The van der Waals surface area contributed by atoms with E-state index in [1.165, 1.54) is 6.07 Å². The SMILES string of the molecule is C=CCC(C)(N)c1ccc(F)c(F)c1. The highest BCUT2D eigenvalue weighted by Gasteiger charge is 2.20. The van der Waals surface area contributed by atoms with Crippen LogP contribution < -0.4 is 5.73 Å². The first-order chi connectivity index (χ1) is 6.47. The molecule has 0 saturated heterocycles. The Labute approximate surface area is 82.2 Å². The minimum Gasteiger partial charge on any atom is -0.321 e. The van der Waals surface area contributed by atoms with E-state index >= 15 is 0 Å². The van der Waals surface area contributed by atoms with Gasteiger partial charge in [-0.2, -0.15) is 0 Å². The Kier molecular flexibility index (Phi) is 3.01. The lowest BCUT2D eigenvalue weighted by atomic mass is 9.90. The molecule has 0 amide bonds. The first kappa shape index (κ1) is 10.9. The fourth-order valence-corrected chi connectivity index (χ4v) is 1.27. The summed E-state index contributed by atoms with van der Waals surface area (Å²) in [5.74, 6) is -1.73. The third-order valence-electron chi connectivity index (χ3n) is 2.15. The molecular weight excluding hydrogens is 184 g/mol. The lowest BCUT2D eigenvalue weighted by Crippen LogP contribution is -2.32. The van der Waals surface area contributed by atoms with Gasteiger partial charge in [0.05, 0.1) is 0 Å². The van der Waals surface area contributed by atoms with E-state index in [0.717, 1.165) is 12.1 Å². The molecule has 0 aliphatic carbocycles. The molecule has 1 rings (SSSR count). The van der Waals surface area contributed by atoms with Crippen LogP contribution in [0.1, 0.15) is 18.9 Å². The molecule has 0 fully saturated rings. The Balaban J connectivity index is 3.07. The molecule has 1 atom stereocenters. The van der Waals surface area contributed by atoms with Crippen LogP contribution in [-0.4, -0.2) is 0 Å². The summed E-state index contributed by atoms with van der Waals surface area (Å²) in [5.41, 5.74) is 5.78. The van der Waals surface area contributed by atoms with Crippen LogP contribution in [0.15, 0.2) is 30.9 Å². The molecule has 1 unspecified atom stereocenters. The molecule has 3 heteroatoms. The van der Waals surface area contributed by atoms with Gasteiger partial charge in [-0.1, -0.05) is 12.1 Å².